The molecule has 0 unspecified atom stereocenters. The van der Waals surface area contributed by atoms with Gasteiger partial charge in [0.05, 0.1) is 17.2 Å². The molecule has 2 aromatic rings. The maximum Gasteiger partial charge on any atom is 0.255 e. The highest BCUT2D eigenvalue weighted by Crippen LogP contribution is 2.27. The van der Waals surface area contributed by atoms with Crippen molar-refractivity contribution < 1.29 is 9.53 Å². The summed E-state index contributed by atoms with van der Waals surface area (Å²) >= 11 is 0. The van der Waals surface area contributed by atoms with Gasteiger partial charge in [-0.1, -0.05) is 12.1 Å². The van der Waals surface area contributed by atoms with Gasteiger partial charge in [0.2, 0.25) is 0 Å². The first-order chi connectivity index (χ1) is 12.3. The van der Waals surface area contributed by atoms with E-state index in [1.54, 1.807) is 24.4 Å². The van der Waals surface area contributed by atoms with Crippen LogP contribution in [0, 0.1) is 11.3 Å². The number of benzene rings is 1. The second-order valence-electron chi connectivity index (χ2n) is 5.86. The van der Waals surface area contributed by atoms with Gasteiger partial charge in [0.15, 0.2) is 0 Å². The molecule has 0 radical (unpaired) electrons. The molecule has 3 rings (SSSR count). The lowest BCUT2D eigenvalue weighted by Gasteiger charge is -2.27. The molecule has 0 spiro atoms. The fraction of sp³-hybridized carbons (Fsp3) is 0.316. The smallest absolute Gasteiger partial charge is 0.255 e. The van der Waals surface area contributed by atoms with Gasteiger partial charge in [-0.15, -0.1) is 0 Å². The number of hydrogen-bond donors (Lipinski definition) is 2. The first-order valence-corrected chi connectivity index (χ1v) is 8.41. The summed E-state index contributed by atoms with van der Waals surface area (Å²) in [5, 5.41) is 14.9. The van der Waals surface area contributed by atoms with Crippen molar-refractivity contribution in [3.8, 4) is 11.8 Å². The quantitative estimate of drug-likeness (QED) is 0.759. The highest BCUT2D eigenvalue weighted by molar-refractivity contribution is 5.96. The Bertz CT molecular complexity index is 781. The number of nitrogens with zero attached hydrogens (tertiary/aromatic N) is 2. The monoisotopic (exact) mass is 336 g/mol. The molecule has 1 heterocycles. The molecule has 2 N–H and O–H groups in total. The van der Waals surface area contributed by atoms with E-state index in [1.165, 1.54) is 6.42 Å². The summed E-state index contributed by atoms with van der Waals surface area (Å²) in [5.41, 5.74) is 1.03. The number of para-hydroxylation sites is 1. The Morgan fingerprint density at radius 1 is 1.24 bits per heavy atom. The summed E-state index contributed by atoms with van der Waals surface area (Å²) in [6, 6.07) is 12.8. The van der Waals surface area contributed by atoms with Crippen molar-refractivity contribution in [2.45, 2.75) is 25.4 Å². The average Bonchev–Trinajstić information content (AvgIpc) is 2.62. The standard InChI is InChI=1S/C19H20N4O2/c20-13-14-5-4-10-21-18(14)22-11-12-23-19(24)16-8-1-2-9-17(16)25-15-6-3-7-15/h1-2,4-5,8-10,15H,3,6-7,11-12H2,(H,21,22)(H,23,24). The molecule has 0 aliphatic heterocycles. The Morgan fingerprint density at radius 3 is 2.84 bits per heavy atom. The Balaban J connectivity index is 1.52. The molecule has 1 aliphatic rings. The van der Waals surface area contributed by atoms with Crippen molar-refractivity contribution in [3.05, 3.63) is 53.7 Å². The van der Waals surface area contributed by atoms with E-state index in [9.17, 15) is 4.79 Å². The van der Waals surface area contributed by atoms with Crippen LogP contribution in [0.25, 0.3) is 0 Å². The van der Waals surface area contributed by atoms with Crippen molar-refractivity contribution in [3.63, 3.8) is 0 Å². The number of carbonyl (C=O) groups excluding carboxylic acids is 1. The number of ether oxygens (including phenoxy) is 1. The van der Waals surface area contributed by atoms with Gasteiger partial charge in [-0.2, -0.15) is 5.26 Å². The largest absolute Gasteiger partial charge is 0.490 e. The van der Waals surface area contributed by atoms with Crippen LogP contribution in [-0.2, 0) is 0 Å². The average molecular weight is 336 g/mol. The fourth-order valence-corrected chi connectivity index (χ4v) is 2.51. The van der Waals surface area contributed by atoms with Crippen LogP contribution in [0.5, 0.6) is 5.75 Å². The van der Waals surface area contributed by atoms with E-state index in [0.29, 0.717) is 35.8 Å². The third-order valence-electron chi connectivity index (χ3n) is 4.11. The number of rotatable bonds is 7. The molecule has 1 fully saturated rings. The first kappa shape index (κ1) is 16.8. The summed E-state index contributed by atoms with van der Waals surface area (Å²) in [7, 11) is 0. The zero-order valence-electron chi connectivity index (χ0n) is 13.9. The van der Waals surface area contributed by atoms with Crippen LogP contribution in [0.2, 0.25) is 0 Å². The Morgan fingerprint density at radius 2 is 2.08 bits per heavy atom. The van der Waals surface area contributed by atoms with Crippen LogP contribution < -0.4 is 15.4 Å². The van der Waals surface area contributed by atoms with E-state index in [1.807, 2.05) is 18.2 Å². The van der Waals surface area contributed by atoms with E-state index in [-0.39, 0.29) is 12.0 Å². The topological polar surface area (TPSA) is 87.0 Å². The lowest BCUT2D eigenvalue weighted by molar-refractivity contribution is 0.0929. The molecule has 1 aliphatic carbocycles. The molecule has 6 nitrogen and oxygen atoms in total. The van der Waals surface area contributed by atoms with Crippen molar-refractivity contribution in [1.82, 2.24) is 10.3 Å². The summed E-state index contributed by atoms with van der Waals surface area (Å²) in [4.78, 5) is 16.5. The lowest BCUT2D eigenvalue weighted by atomic mass is 9.96. The van der Waals surface area contributed by atoms with Crippen molar-refractivity contribution in [1.29, 1.82) is 5.26 Å². The number of aromatic nitrogens is 1. The van der Waals surface area contributed by atoms with Gasteiger partial charge in [-0.25, -0.2) is 4.98 Å². The number of nitriles is 1. The van der Waals surface area contributed by atoms with Crippen LogP contribution in [0.15, 0.2) is 42.6 Å². The summed E-state index contributed by atoms with van der Waals surface area (Å²) in [6.45, 7) is 0.890. The van der Waals surface area contributed by atoms with E-state index >= 15 is 0 Å². The van der Waals surface area contributed by atoms with Crippen LogP contribution in [0.4, 0.5) is 5.82 Å². The van der Waals surface area contributed by atoms with Crippen LogP contribution >= 0.6 is 0 Å². The highest BCUT2D eigenvalue weighted by Gasteiger charge is 2.21. The van der Waals surface area contributed by atoms with E-state index < -0.39 is 0 Å². The van der Waals surface area contributed by atoms with Gasteiger partial charge in [0.25, 0.3) is 5.91 Å². The van der Waals surface area contributed by atoms with Crippen LogP contribution in [0.3, 0.4) is 0 Å². The molecule has 6 heteroatoms. The van der Waals surface area contributed by atoms with Crippen LogP contribution in [-0.4, -0.2) is 30.1 Å². The van der Waals surface area contributed by atoms with E-state index in [4.69, 9.17) is 10.00 Å². The molecule has 128 valence electrons. The van der Waals surface area contributed by atoms with Gasteiger partial charge in [0, 0.05) is 19.3 Å². The maximum absolute atomic E-state index is 12.4. The maximum atomic E-state index is 12.4. The lowest BCUT2D eigenvalue weighted by Crippen LogP contribution is -2.30. The van der Waals surface area contributed by atoms with E-state index in [2.05, 4.69) is 21.7 Å². The number of nitrogens with one attached hydrogen (secondary N) is 2. The molecular formula is C19H20N4O2. The molecule has 1 aromatic carbocycles. The third-order valence-corrected chi connectivity index (χ3v) is 4.11. The van der Waals surface area contributed by atoms with Crippen LogP contribution in [0.1, 0.15) is 35.2 Å². The predicted molar refractivity (Wildman–Crippen MR) is 94.5 cm³/mol. The van der Waals surface area contributed by atoms with Crippen molar-refractivity contribution in [2.24, 2.45) is 0 Å². The molecular weight excluding hydrogens is 316 g/mol. The number of anilines is 1. The second-order valence-corrected chi connectivity index (χ2v) is 5.86. The molecule has 0 atom stereocenters. The molecule has 25 heavy (non-hydrogen) atoms. The zero-order chi connectivity index (χ0) is 17.5. The summed E-state index contributed by atoms with van der Waals surface area (Å²) in [5.74, 6) is 0.986. The molecule has 1 amide bonds. The van der Waals surface area contributed by atoms with Gasteiger partial charge in [-0.05, 0) is 43.5 Å². The number of carbonyl (C=O) groups is 1. The van der Waals surface area contributed by atoms with Crippen molar-refractivity contribution in [2.75, 3.05) is 18.4 Å². The minimum absolute atomic E-state index is 0.168. The normalized spacial score (nSPS) is 13.4. The summed E-state index contributed by atoms with van der Waals surface area (Å²) in [6.07, 6.45) is 5.12. The minimum atomic E-state index is -0.168. The summed E-state index contributed by atoms with van der Waals surface area (Å²) < 4.78 is 5.89. The molecule has 1 aromatic heterocycles. The third kappa shape index (κ3) is 4.27. The van der Waals surface area contributed by atoms with Gasteiger partial charge < -0.3 is 15.4 Å². The minimum Gasteiger partial charge on any atom is -0.490 e. The molecule has 0 saturated heterocycles. The first-order valence-electron chi connectivity index (χ1n) is 8.41. The number of amides is 1. The Kier molecular flexibility index (Phi) is 5.47. The highest BCUT2D eigenvalue weighted by atomic mass is 16.5. The SMILES string of the molecule is N#Cc1cccnc1NCCNC(=O)c1ccccc1OC1CCC1. The van der Waals surface area contributed by atoms with Gasteiger partial charge >= 0.3 is 0 Å². The Hall–Kier alpha value is -3.07. The second kappa shape index (κ2) is 8.15. The van der Waals surface area contributed by atoms with Gasteiger partial charge in [0.1, 0.15) is 17.6 Å². The zero-order valence-corrected chi connectivity index (χ0v) is 13.9. The number of hydrogen-bond acceptors (Lipinski definition) is 5. The van der Waals surface area contributed by atoms with Crippen molar-refractivity contribution >= 4 is 11.7 Å². The van der Waals surface area contributed by atoms with Gasteiger partial charge in [-0.3, -0.25) is 4.79 Å². The fourth-order valence-electron chi connectivity index (χ4n) is 2.51. The molecule has 1 saturated carbocycles. The van der Waals surface area contributed by atoms with E-state index in [0.717, 1.165) is 12.8 Å². The number of pyridine rings is 1. The Labute approximate surface area is 146 Å². The predicted octanol–water partition coefficient (Wildman–Crippen LogP) is 2.73. The molecule has 0 bridgehead atoms.